The maximum Gasteiger partial charge on any atom is 0.488 e. The number of rotatable bonds is 6. The molecule has 0 bridgehead atoms. The molecule has 16 heteroatoms. The molecule has 2 amide bonds. The molecule has 2 aliphatic rings. The molecule has 0 saturated carbocycles. The summed E-state index contributed by atoms with van der Waals surface area (Å²) < 4.78 is 3.70. The van der Waals surface area contributed by atoms with Crippen LogP contribution >= 0.6 is 11.6 Å². The monoisotopic (exact) mass is 818 g/mol. The second-order valence-electron chi connectivity index (χ2n) is 14.5. The molecule has 60 heavy (non-hydrogen) atoms. The molecule has 2 saturated heterocycles. The average Bonchev–Trinajstić information content (AvgIpc) is 3.77. The molecule has 10 rings (SSSR count). The lowest BCUT2D eigenvalue weighted by atomic mass is 9.81. The van der Waals surface area contributed by atoms with Gasteiger partial charge in [0.15, 0.2) is 16.8 Å². The highest BCUT2D eigenvalue weighted by Gasteiger charge is 2.37. The maximum absolute atomic E-state index is 13.0. The number of likely N-dealkylation sites (tertiary alicyclic amines) is 2. The highest BCUT2D eigenvalue weighted by Crippen LogP contribution is 2.33. The second kappa shape index (κ2) is 17.6. The van der Waals surface area contributed by atoms with Gasteiger partial charge in [-0.1, -0.05) is 96.5 Å². The van der Waals surface area contributed by atoms with Gasteiger partial charge in [-0.2, -0.15) is 0 Å². The first-order valence-corrected chi connectivity index (χ1v) is 19.7. The molecule has 14 nitrogen and oxygen atoms in total. The number of para-hydroxylation sites is 4. The summed E-state index contributed by atoms with van der Waals surface area (Å²) in [6, 6.07) is 34.2. The van der Waals surface area contributed by atoms with Crippen LogP contribution in [0.2, 0.25) is 5.15 Å². The number of hydrogen-bond donors (Lipinski definition) is 2. The number of amides is 2. The van der Waals surface area contributed by atoms with Crippen LogP contribution in [0, 0.1) is 0 Å². The van der Waals surface area contributed by atoms with Gasteiger partial charge in [0, 0.05) is 82.5 Å². The van der Waals surface area contributed by atoms with Gasteiger partial charge in [-0.25, -0.2) is 15.0 Å². The quantitative estimate of drug-likeness (QED) is 0.221. The van der Waals surface area contributed by atoms with Gasteiger partial charge in [-0.05, 0) is 29.7 Å². The van der Waals surface area contributed by atoms with E-state index in [4.69, 9.17) is 21.6 Å². The largest absolute Gasteiger partial charge is 0.488 e. The lowest BCUT2D eigenvalue weighted by Crippen LogP contribution is -2.49. The van der Waals surface area contributed by atoms with Gasteiger partial charge in [0.05, 0.1) is 39.1 Å². The lowest BCUT2D eigenvalue weighted by molar-refractivity contribution is 0.0576. The zero-order valence-corrected chi connectivity index (χ0v) is 33.6. The first kappa shape index (κ1) is 40.0. The third-order valence-electron chi connectivity index (χ3n) is 10.6. The normalized spacial score (nSPS) is 13.8. The Kier molecular flexibility index (Phi) is 11.7. The van der Waals surface area contributed by atoms with Gasteiger partial charge < -0.3 is 29.0 Å². The number of imidazole rings is 2. The Bertz CT molecular complexity index is 2770. The van der Waals surface area contributed by atoms with Gasteiger partial charge in [0.2, 0.25) is 0 Å². The fourth-order valence-corrected chi connectivity index (χ4v) is 7.55. The molecule has 2 fully saturated rings. The first-order chi connectivity index (χ1) is 29.2. The summed E-state index contributed by atoms with van der Waals surface area (Å²) in [6.07, 6.45) is 6.62. The second-order valence-corrected chi connectivity index (χ2v) is 14.8. The van der Waals surface area contributed by atoms with Gasteiger partial charge in [0.1, 0.15) is 0 Å². The summed E-state index contributed by atoms with van der Waals surface area (Å²) in [5.74, 6) is 1.13. The third-order valence-corrected chi connectivity index (χ3v) is 10.9. The predicted octanol–water partition coefficient (Wildman–Crippen LogP) is 4.89. The number of aryl methyl sites for hydroxylation is 2. The summed E-state index contributed by atoms with van der Waals surface area (Å²) in [5.41, 5.74) is 7.74. The molecule has 0 spiro atoms. The summed E-state index contributed by atoms with van der Waals surface area (Å²) in [7, 11) is 2.40. The van der Waals surface area contributed by atoms with Crippen molar-refractivity contribution in [1.29, 1.82) is 0 Å². The van der Waals surface area contributed by atoms with Crippen LogP contribution in [0.1, 0.15) is 44.5 Å². The standard InChI is InChI=1S/C22H19N5O.C16H14ClN5O.C6H7BO2/c1-26-18-10-6-5-9-17(18)25-21(26)22(28)27-13-16(14-27)20-19(23-11-12-24-20)15-7-3-2-4-8-15;1-21-12-5-3-2-4-11(12)20-15(21)16(23)22-8-10(9-22)13-14(17)19-7-6-18-13;8-7(9)6-4-2-1-3-5-6/h2-12,16H,13-14H2,1H3;2-7,10H,8-9H2,1H3;1-5,8-9H. The zero-order valence-electron chi connectivity index (χ0n) is 32.8. The molecule has 8 aromatic rings. The topological polar surface area (TPSA) is 168 Å². The van der Waals surface area contributed by atoms with Crippen molar-refractivity contribution in [3.05, 3.63) is 162 Å². The molecular weight excluding hydrogens is 779 g/mol. The van der Waals surface area contributed by atoms with E-state index in [0.717, 1.165) is 44.7 Å². The van der Waals surface area contributed by atoms with E-state index in [-0.39, 0.29) is 23.7 Å². The van der Waals surface area contributed by atoms with Crippen LogP contribution in [0.15, 0.2) is 134 Å². The van der Waals surface area contributed by atoms with Gasteiger partial charge in [-0.15, -0.1) is 0 Å². The minimum atomic E-state index is -1.34. The predicted molar refractivity (Wildman–Crippen MR) is 229 cm³/mol. The van der Waals surface area contributed by atoms with Crippen molar-refractivity contribution in [2.45, 2.75) is 11.8 Å². The van der Waals surface area contributed by atoms with Crippen LogP contribution in [0.25, 0.3) is 33.3 Å². The molecule has 0 atom stereocenters. The fraction of sp³-hybridized carbons (Fsp3) is 0.182. The van der Waals surface area contributed by atoms with E-state index in [0.29, 0.717) is 48.4 Å². The summed E-state index contributed by atoms with van der Waals surface area (Å²) in [4.78, 5) is 55.6. The molecule has 4 aromatic carbocycles. The van der Waals surface area contributed by atoms with Crippen LogP contribution in [0.3, 0.4) is 0 Å². The number of carbonyl (C=O) groups is 2. The van der Waals surface area contributed by atoms with E-state index < -0.39 is 7.12 Å². The number of fused-ring (bicyclic) bond motifs is 2. The SMILES string of the molecule is Cn1c(C(=O)N2CC(c3nccnc3-c3ccccc3)C2)nc2ccccc21.Cn1c(C(=O)N2CC(c3nccnc3Cl)C2)nc2ccccc21.OB(O)c1ccccc1. The lowest BCUT2D eigenvalue weighted by Gasteiger charge is -2.39. The number of benzene rings is 4. The van der Waals surface area contributed by atoms with Crippen LogP contribution in [0.4, 0.5) is 0 Å². The number of nitrogens with zero attached hydrogens (tertiary/aromatic N) is 10. The molecular formula is C44H40BClN10O4. The van der Waals surface area contributed by atoms with Crippen molar-refractivity contribution in [1.82, 2.24) is 48.8 Å². The van der Waals surface area contributed by atoms with Gasteiger partial charge in [-0.3, -0.25) is 24.5 Å². The molecule has 6 heterocycles. The molecule has 2 aliphatic heterocycles. The Morgan fingerprint density at radius 3 is 1.50 bits per heavy atom. The van der Waals surface area contributed by atoms with Crippen molar-refractivity contribution in [3.63, 3.8) is 0 Å². The van der Waals surface area contributed by atoms with E-state index in [1.54, 1.807) is 54.0 Å². The zero-order chi connectivity index (χ0) is 41.8. The molecule has 0 radical (unpaired) electrons. The summed E-state index contributed by atoms with van der Waals surface area (Å²) >= 11 is 6.06. The Morgan fingerprint density at radius 2 is 1.02 bits per heavy atom. The highest BCUT2D eigenvalue weighted by molar-refractivity contribution is 6.58. The van der Waals surface area contributed by atoms with E-state index in [2.05, 4.69) is 29.9 Å². The molecule has 0 aliphatic carbocycles. The van der Waals surface area contributed by atoms with Crippen LogP contribution in [-0.2, 0) is 14.1 Å². The maximum atomic E-state index is 13.0. The molecule has 300 valence electrons. The highest BCUT2D eigenvalue weighted by atomic mass is 35.5. The van der Waals surface area contributed by atoms with Gasteiger partial charge >= 0.3 is 7.12 Å². The summed E-state index contributed by atoms with van der Waals surface area (Å²) in [6.45, 7) is 2.42. The Hall–Kier alpha value is -6.81. The van der Waals surface area contributed by atoms with E-state index in [1.807, 2.05) is 113 Å². The minimum absolute atomic E-state index is 0.0416. The number of halogens is 1. The van der Waals surface area contributed by atoms with Crippen molar-refractivity contribution in [2.75, 3.05) is 26.2 Å². The van der Waals surface area contributed by atoms with Crippen molar-refractivity contribution in [2.24, 2.45) is 14.1 Å². The summed E-state index contributed by atoms with van der Waals surface area (Å²) in [5, 5.41) is 17.6. The number of aromatic nitrogens is 8. The van der Waals surface area contributed by atoms with E-state index in [9.17, 15) is 9.59 Å². The van der Waals surface area contributed by atoms with Crippen LogP contribution < -0.4 is 5.46 Å². The first-order valence-electron chi connectivity index (χ1n) is 19.3. The van der Waals surface area contributed by atoms with Crippen molar-refractivity contribution < 1.29 is 19.6 Å². The van der Waals surface area contributed by atoms with Crippen molar-refractivity contribution in [3.8, 4) is 11.3 Å². The average molecular weight is 819 g/mol. The Balaban J connectivity index is 0.000000140. The van der Waals surface area contributed by atoms with Crippen LogP contribution in [0.5, 0.6) is 0 Å². The minimum Gasteiger partial charge on any atom is -0.423 e. The smallest absolute Gasteiger partial charge is 0.423 e. The number of hydrogen-bond acceptors (Lipinski definition) is 10. The third kappa shape index (κ3) is 8.23. The van der Waals surface area contributed by atoms with Crippen molar-refractivity contribution >= 4 is 58.1 Å². The number of carbonyl (C=O) groups excluding carboxylic acids is 2. The Labute approximate surface area is 351 Å². The Morgan fingerprint density at radius 1 is 0.583 bits per heavy atom. The van der Waals surface area contributed by atoms with E-state index >= 15 is 0 Å². The fourth-order valence-electron chi connectivity index (χ4n) is 7.29. The molecule has 2 N–H and O–H groups in total. The molecule has 4 aromatic heterocycles. The van der Waals surface area contributed by atoms with Crippen LogP contribution in [-0.4, -0.2) is 104 Å². The molecule has 0 unspecified atom stereocenters. The van der Waals surface area contributed by atoms with Gasteiger partial charge in [0.25, 0.3) is 11.8 Å². The van der Waals surface area contributed by atoms with E-state index in [1.165, 1.54) is 0 Å².